The first-order valence-electron chi connectivity index (χ1n) is 6.54. The van der Waals surface area contributed by atoms with Gasteiger partial charge in [-0.3, -0.25) is 9.59 Å². The third kappa shape index (κ3) is 3.40. The van der Waals surface area contributed by atoms with Crippen LogP contribution in [0.1, 0.15) is 23.7 Å². The van der Waals surface area contributed by atoms with E-state index < -0.39 is 0 Å². The van der Waals surface area contributed by atoms with Crippen molar-refractivity contribution < 1.29 is 23.8 Å². The van der Waals surface area contributed by atoms with E-state index in [0.717, 1.165) is 0 Å². The van der Waals surface area contributed by atoms with Crippen LogP contribution in [0.4, 0.5) is 0 Å². The molecule has 6 heteroatoms. The Balaban J connectivity index is 1.94. The Bertz CT molecular complexity index is 500. The van der Waals surface area contributed by atoms with Crippen molar-refractivity contribution in [2.45, 2.75) is 13.3 Å². The van der Waals surface area contributed by atoms with Gasteiger partial charge in [-0.25, -0.2) is 0 Å². The molecule has 0 fully saturated rings. The molecule has 0 aromatic heterocycles. The maximum Gasteiger partial charge on any atom is 0.307 e. The quantitative estimate of drug-likeness (QED) is 0.818. The lowest BCUT2D eigenvalue weighted by Crippen LogP contribution is -2.28. The van der Waals surface area contributed by atoms with Crippen LogP contribution in [0.3, 0.4) is 0 Å². The van der Waals surface area contributed by atoms with Crippen LogP contribution in [0.25, 0.3) is 0 Å². The molecule has 0 atom stereocenters. The van der Waals surface area contributed by atoms with Gasteiger partial charge in [0.2, 0.25) is 0 Å². The molecule has 0 saturated heterocycles. The lowest BCUT2D eigenvalue weighted by atomic mass is 10.1. The van der Waals surface area contributed by atoms with Gasteiger partial charge in [0.05, 0.1) is 18.6 Å². The molecule has 0 spiro atoms. The molecule has 6 nitrogen and oxygen atoms in total. The summed E-state index contributed by atoms with van der Waals surface area (Å²) in [6.07, 6.45) is 0.145. The average molecular weight is 279 g/mol. The van der Waals surface area contributed by atoms with Crippen LogP contribution in [0.15, 0.2) is 18.2 Å². The molecule has 1 N–H and O–H groups in total. The number of fused-ring (bicyclic) bond motifs is 1. The molecule has 1 aromatic rings. The predicted octanol–water partition coefficient (Wildman–Crippen LogP) is 1.14. The first kappa shape index (κ1) is 14.2. The number of esters is 1. The lowest BCUT2D eigenvalue weighted by Gasteiger charge is -2.20. The van der Waals surface area contributed by atoms with Crippen molar-refractivity contribution in [3.8, 4) is 11.5 Å². The number of carbonyl (C=O) groups excluding carboxylic acids is 2. The van der Waals surface area contributed by atoms with E-state index in [2.05, 4.69) is 5.32 Å². The zero-order valence-electron chi connectivity index (χ0n) is 11.3. The topological polar surface area (TPSA) is 73.9 Å². The summed E-state index contributed by atoms with van der Waals surface area (Å²) in [5.74, 6) is 0.390. The molecule has 0 aliphatic carbocycles. The Hall–Kier alpha value is -2.24. The number of rotatable bonds is 5. The predicted molar refractivity (Wildman–Crippen MR) is 71.0 cm³/mol. The van der Waals surface area contributed by atoms with Gasteiger partial charge >= 0.3 is 5.97 Å². The molecule has 20 heavy (non-hydrogen) atoms. The lowest BCUT2D eigenvalue weighted by molar-refractivity contribution is -0.142. The van der Waals surface area contributed by atoms with E-state index in [1.165, 1.54) is 0 Å². The van der Waals surface area contributed by atoms with Gasteiger partial charge in [-0.1, -0.05) is 6.07 Å². The summed E-state index contributed by atoms with van der Waals surface area (Å²) in [5.41, 5.74) is 0.408. The van der Waals surface area contributed by atoms with E-state index in [4.69, 9.17) is 14.2 Å². The fourth-order valence-electron chi connectivity index (χ4n) is 1.86. The molecule has 1 aliphatic heterocycles. The number of amides is 1. The van der Waals surface area contributed by atoms with Gasteiger partial charge in [-0.05, 0) is 19.1 Å². The second-order valence-electron chi connectivity index (χ2n) is 4.14. The molecular formula is C14H17NO5. The summed E-state index contributed by atoms with van der Waals surface area (Å²) in [6.45, 7) is 3.19. The maximum absolute atomic E-state index is 12.1. The summed E-state index contributed by atoms with van der Waals surface area (Å²) >= 11 is 0. The molecule has 0 radical (unpaired) electrons. The minimum absolute atomic E-state index is 0.145. The van der Waals surface area contributed by atoms with Gasteiger partial charge in [0.25, 0.3) is 5.91 Å². The van der Waals surface area contributed by atoms with Crippen LogP contribution < -0.4 is 14.8 Å². The summed E-state index contributed by atoms with van der Waals surface area (Å²) in [7, 11) is 0. The van der Waals surface area contributed by atoms with Crippen LogP contribution in [-0.4, -0.2) is 38.2 Å². The third-order valence-corrected chi connectivity index (χ3v) is 2.73. The molecule has 0 saturated carbocycles. The Morgan fingerprint density at radius 3 is 2.90 bits per heavy atom. The SMILES string of the molecule is CCOC(=O)CCNC(=O)c1cccc2c1OCCO2. The van der Waals surface area contributed by atoms with Crippen LogP contribution in [0, 0.1) is 0 Å². The largest absolute Gasteiger partial charge is 0.486 e. The Morgan fingerprint density at radius 1 is 1.30 bits per heavy atom. The van der Waals surface area contributed by atoms with Crippen molar-refractivity contribution in [3.05, 3.63) is 23.8 Å². The molecular weight excluding hydrogens is 262 g/mol. The van der Waals surface area contributed by atoms with Gasteiger partial charge in [-0.2, -0.15) is 0 Å². The van der Waals surface area contributed by atoms with Crippen LogP contribution in [0.5, 0.6) is 11.5 Å². The van der Waals surface area contributed by atoms with Gasteiger partial charge in [-0.15, -0.1) is 0 Å². The fraction of sp³-hybridized carbons (Fsp3) is 0.429. The molecule has 0 bridgehead atoms. The van der Waals surface area contributed by atoms with Gasteiger partial charge in [0.15, 0.2) is 11.5 Å². The highest BCUT2D eigenvalue weighted by Crippen LogP contribution is 2.33. The first-order chi connectivity index (χ1) is 9.72. The smallest absolute Gasteiger partial charge is 0.307 e. The highest BCUT2D eigenvalue weighted by molar-refractivity contribution is 5.98. The number of hydrogen-bond donors (Lipinski definition) is 1. The van der Waals surface area contributed by atoms with Crippen molar-refractivity contribution in [1.29, 1.82) is 0 Å². The summed E-state index contributed by atoms with van der Waals surface area (Å²) < 4.78 is 15.7. The zero-order chi connectivity index (χ0) is 14.4. The van der Waals surface area contributed by atoms with Crippen molar-refractivity contribution in [3.63, 3.8) is 0 Å². The van der Waals surface area contributed by atoms with E-state index in [9.17, 15) is 9.59 Å². The number of ether oxygens (including phenoxy) is 3. The minimum atomic E-state index is -0.331. The van der Waals surface area contributed by atoms with E-state index in [1.54, 1.807) is 25.1 Å². The second kappa shape index (κ2) is 6.79. The van der Waals surface area contributed by atoms with Crippen molar-refractivity contribution in [2.75, 3.05) is 26.4 Å². The standard InChI is InChI=1S/C14H17NO5/c1-2-18-12(16)6-7-15-14(17)10-4-3-5-11-13(10)20-9-8-19-11/h3-5H,2,6-9H2,1H3,(H,15,17). The maximum atomic E-state index is 12.1. The third-order valence-electron chi connectivity index (χ3n) is 2.73. The van der Waals surface area contributed by atoms with Crippen LogP contribution >= 0.6 is 0 Å². The molecule has 1 aromatic carbocycles. The highest BCUT2D eigenvalue weighted by Gasteiger charge is 2.20. The monoisotopic (exact) mass is 279 g/mol. The number of carbonyl (C=O) groups is 2. The molecule has 1 amide bonds. The number of nitrogens with one attached hydrogen (secondary N) is 1. The normalized spacial score (nSPS) is 12.7. The molecule has 2 rings (SSSR count). The van der Waals surface area contributed by atoms with E-state index >= 15 is 0 Å². The second-order valence-corrected chi connectivity index (χ2v) is 4.14. The molecule has 1 heterocycles. The molecule has 108 valence electrons. The number of benzene rings is 1. The zero-order valence-corrected chi connectivity index (χ0v) is 11.3. The van der Waals surface area contributed by atoms with Crippen LogP contribution in [0.2, 0.25) is 0 Å². The Labute approximate surface area is 117 Å². The van der Waals surface area contributed by atoms with Crippen LogP contribution in [-0.2, 0) is 9.53 Å². The van der Waals surface area contributed by atoms with Crippen molar-refractivity contribution in [1.82, 2.24) is 5.32 Å². The Kier molecular flexibility index (Phi) is 4.81. The molecule has 1 aliphatic rings. The van der Waals surface area contributed by atoms with Gasteiger partial charge in [0.1, 0.15) is 13.2 Å². The summed E-state index contributed by atoms with van der Waals surface area (Å²) in [6, 6.07) is 5.14. The van der Waals surface area contributed by atoms with Crippen molar-refractivity contribution in [2.24, 2.45) is 0 Å². The summed E-state index contributed by atoms with van der Waals surface area (Å²) in [4.78, 5) is 23.2. The fourth-order valence-corrected chi connectivity index (χ4v) is 1.86. The number of hydrogen-bond acceptors (Lipinski definition) is 5. The van der Waals surface area contributed by atoms with E-state index in [-0.39, 0.29) is 24.8 Å². The van der Waals surface area contributed by atoms with Gasteiger partial charge in [0, 0.05) is 6.54 Å². The van der Waals surface area contributed by atoms with Crippen molar-refractivity contribution >= 4 is 11.9 Å². The average Bonchev–Trinajstić information content (AvgIpc) is 2.47. The Morgan fingerprint density at radius 2 is 2.10 bits per heavy atom. The first-order valence-corrected chi connectivity index (χ1v) is 6.54. The highest BCUT2D eigenvalue weighted by atomic mass is 16.6. The number of para-hydroxylation sites is 1. The minimum Gasteiger partial charge on any atom is -0.486 e. The van der Waals surface area contributed by atoms with E-state index in [1.807, 2.05) is 0 Å². The summed E-state index contributed by atoms with van der Waals surface area (Å²) in [5, 5.41) is 2.66. The van der Waals surface area contributed by atoms with E-state index in [0.29, 0.717) is 36.9 Å². The molecule has 0 unspecified atom stereocenters. The van der Waals surface area contributed by atoms with Gasteiger partial charge < -0.3 is 19.5 Å².